The van der Waals surface area contributed by atoms with Crippen molar-refractivity contribution in [1.82, 2.24) is 0 Å². The summed E-state index contributed by atoms with van der Waals surface area (Å²) in [6.07, 6.45) is -4.53. The third kappa shape index (κ3) is 4.11. The van der Waals surface area contributed by atoms with Gasteiger partial charge < -0.3 is 5.32 Å². The number of anilines is 1. The molecule has 0 aliphatic carbocycles. The Balaban J connectivity index is 2.17. The van der Waals surface area contributed by atoms with Crippen LogP contribution in [-0.2, 0) is 12.7 Å². The molecule has 21 heavy (non-hydrogen) atoms. The van der Waals surface area contributed by atoms with Crippen LogP contribution in [0.15, 0.2) is 40.9 Å². The zero-order valence-corrected chi connectivity index (χ0v) is 12.8. The molecule has 0 fully saturated rings. The van der Waals surface area contributed by atoms with Crippen LogP contribution in [0.4, 0.5) is 23.2 Å². The fourth-order valence-electron chi connectivity index (χ4n) is 1.71. The topological polar surface area (TPSA) is 12.0 Å². The lowest BCUT2D eigenvalue weighted by Crippen LogP contribution is -2.08. The van der Waals surface area contributed by atoms with Crippen LogP contribution in [0, 0.1) is 5.82 Å². The van der Waals surface area contributed by atoms with Crippen molar-refractivity contribution in [3.8, 4) is 0 Å². The van der Waals surface area contributed by atoms with Crippen LogP contribution in [0.1, 0.15) is 11.1 Å². The van der Waals surface area contributed by atoms with Gasteiger partial charge in [0.1, 0.15) is 5.82 Å². The molecule has 0 radical (unpaired) electrons. The molecule has 2 aromatic carbocycles. The molecule has 0 saturated heterocycles. The van der Waals surface area contributed by atoms with E-state index in [2.05, 4.69) is 21.2 Å². The van der Waals surface area contributed by atoms with E-state index in [4.69, 9.17) is 11.6 Å². The maximum absolute atomic E-state index is 13.6. The van der Waals surface area contributed by atoms with Crippen molar-refractivity contribution in [1.29, 1.82) is 0 Å². The lowest BCUT2D eigenvalue weighted by molar-refractivity contribution is -0.137. The van der Waals surface area contributed by atoms with Crippen molar-refractivity contribution in [3.63, 3.8) is 0 Å². The molecule has 0 spiro atoms. The van der Waals surface area contributed by atoms with E-state index in [9.17, 15) is 17.6 Å². The highest BCUT2D eigenvalue weighted by atomic mass is 79.9. The lowest BCUT2D eigenvalue weighted by atomic mass is 10.1. The van der Waals surface area contributed by atoms with Gasteiger partial charge in [0.05, 0.1) is 10.6 Å². The summed E-state index contributed by atoms with van der Waals surface area (Å²) < 4.78 is 52.4. The summed E-state index contributed by atoms with van der Waals surface area (Å²) in [5.74, 6) is -0.443. The second-order valence-electron chi connectivity index (χ2n) is 4.28. The van der Waals surface area contributed by atoms with Gasteiger partial charge in [0.25, 0.3) is 0 Å². The van der Waals surface area contributed by atoms with Gasteiger partial charge >= 0.3 is 6.18 Å². The minimum Gasteiger partial charge on any atom is -0.381 e. The van der Waals surface area contributed by atoms with Crippen molar-refractivity contribution >= 4 is 33.2 Å². The first-order chi connectivity index (χ1) is 9.77. The molecule has 0 unspecified atom stereocenters. The molecular formula is C14H9BrClF4N. The Bertz CT molecular complexity index is 658. The number of alkyl halides is 3. The molecule has 0 saturated carbocycles. The number of hydrogen-bond acceptors (Lipinski definition) is 1. The van der Waals surface area contributed by atoms with E-state index < -0.39 is 17.6 Å². The van der Waals surface area contributed by atoms with Crippen molar-refractivity contribution < 1.29 is 17.6 Å². The summed E-state index contributed by atoms with van der Waals surface area (Å²) >= 11 is 8.66. The zero-order chi connectivity index (χ0) is 15.6. The van der Waals surface area contributed by atoms with Gasteiger partial charge in [0, 0.05) is 22.3 Å². The van der Waals surface area contributed by atoms with Gasteiger partial charge in [-0.05, 0) is 30.3 Å². The molecule has 1 nitrogen and oxygen atoms in total. The van der Waals surface area contributed by atoms with Crippen molar-refractivity contribution in [3.05, 3.63) is 62.8 Å². The van der Waals surface area contributed by atoms with Crippen LogP contribution in [-0.4, -0.2) is 0 Å². The highest BCUT2D eigenvalue weighted by molar-refractivity contribution is 9.10. The van der Waals surface area contributed by atoms with E-state index in [0.29, 0.717) is 10.0 Å². The van der Waals surface area contributed by atoms with Crippen LogP contribution in [0.3, 0.4) is 0 Å². The van der Waals surface area contributed by atoms with E-state index in [0.717, 1.165) is 12.1 Å². The predicted octanol–water partition coefficient (Wildman–Crippen LogP) is 5.87. The number of benzene rings is 2. The number of halogens is 6. The third-order valence-electron chi connectivity index (χ3n) is 2.77. The molecule has 2 aromatic rings. The Morgan fingerprint density at radius 1 is 1.10 bits per heavy atom. The molecule has 112 valence electrons. The molecule has 7 heteroatoms. The largest absolute Gasteiger partial charge is 0.417 e. The monoisotopic (exact) mass is 381 g/mol. The molecule has 0 aliphatic rings. The van der Waals surface area contributed by atoms with Gasteiger partial charge in [-0.2, -0.15) is 13.2 Å². The van der Waals surface area contributed by atoms with E-state index in [-0.39, 0.29) is 17.3 Å². The lowest BCUT2D eigenvalue weighted by Gasteiger charge is -2.12. The Hall–Kier alpha value is -1.27. The van der Waals surface area contributed by atoms with E-state index in [1.165, 1.54) is 12.1 Å². The molecule has 0 bridgehead atoms. The van der Waals surface area contributed by atoms with Crippen LogP contribution in [0.25, 0.3) is 0 Å². The third-order valence-corrected chi connectivity index (χ3v) is 3.59. The number of nitrogens with one attached hydrogen (secondary N) is 1. The predicted molar refractivity (Wildman–Crippen MR) is 77.9 cm³/mol. The second-order valence-corrected chi connectivity index (χ2v) is 5.60. The minimum absolute atomic E-state index is 0.0675. The highest BCUT2D eigenvalue weighted by Gasteiger charge is 2.33. The Kier molecular flexibility index (Phi) is 4.78. The van der Waals surface area contributed by atoms with E-state index >= 15 is 0 Å². The smallest absolute Gasteiger partial charge is 0.381 e. The summed E-state index contributed by atoms with van der Waals surface area (Å²) in [4.78, 5) is 0. The summed E-state index contributed by atoms with van der Waals surface area (Å²) in [5.41, 5.74) is -0.360. The summed E-state index contributed by atoms with van der Waals surface area (Å²) in [6.45, 7) is 0.0675. The first-order valence-electron chi connectivity index (χ1n) is 5.82. The molecule has 1 N–H and O–H groups in total. The SMILES string of the molecule is Fc1cc(Br)ccc1CNc1ccc(Cl)c(C(F)(F)F)c1. The van der Waals surface area contributed by atoms with Gasteiger partial charge in [-0.15, -0.1) is 0 Å². The minimum atomic E-state index is -4.53. The number of hydrogen-bond donors (Lipinski definition) is 1. The average Bonchev–Trinajstić information content (AvgIpc) is 2.38. The Labute approximate surface area is 132 Å². The molecule has 0 aromatic heterocycles. The maximum atomic E-state index is 13.6. The van der Waals surface area contributed by atoms with Gasteiger partial charge in [-0.1, -0.05) is 33.6 Å². The van der Waals surface area contributed by atoms with E-state index in [1.807, 2.05) is 0 Å². The number of rotatable bonds is 3. The average molecular weight is 383 g/mol. The van der Waals surface area contributed by atoms with E-state index in [1.54, 1.807) is 12.1 Å². The normalized spacial score (nSPS) is 11.5. The second kappa shape index (κ2) is 6.23. The van der Waals surface area contributed by atoms with Crippen LogP contribution < -0.4 is 5.32 Å². The fourth-order valence-corrected chi connectivity index (χ4v) is 2.27. The quantitative estimate of drug-likeness (QED) is 0.654. The standard InChI is InChI=1S/C14H9BrClF4N/c15-9-2-1-8(13(17)5-9)7-21-10-3-4-12(16)11(6-10)14(18,19)20/h1-6,21H,7H2. The van der Waals surface area contributed by atoms with Crippen molar-refractivity contribution in [2.75, 3.05) is 5.32 Å². The fraction of sp³-hybridized carbons (Fsp3) is 0.143. The van der Waals surface area contributed by atoms with Gasteiger partial charge in [-0.3, -0.25) is 0 Å². The van der Waals surface area contributed by atoms with Gasteiger partial charge in [0.15, 0.2) is 0 Å². The molecular weight excluding hydrogens is 374 g/mol. The first kappa shape index (κ1) is 16.1. The molecule has 0 heterocycles. The maximum Gasteiger partial charge on any atom is 0.417 e. The summed E-state index contributed by atoms with van der Waals surface area (Å²) in [5, 5.41) is 2.37. The Morgan fingerprint density at radius 3 is 2.43 bits per heavy atom. The summed E-state index contributed by atoms with van der Waals surface area (Å²) in [6, 6.07) is 7.97. The van der Waals surface area contributed by atoms with Gasteiger partial charge in [-0.25, -0.2) is 4.39 Å². The van der Waals surface area contributed by atoms with Crippen LogP contribution in [0.5, 0.6) is 0 Å². The first-order valence-corrected chi connectivity index (χ1v) is 6.99. The van der Waals surface area contributed by atoms with Crippen LogP contribution >= 0.6 is 27.5 Å². The van der Waals surface area contributed by atoms with Crippen LogP contribution in [0.2, 0.25) is 5.02 Å². The molecule has 0 atom stereocenters. The Morgan fingerprint density at radius 2 is 1.81 bits per heavy atom. The molecule has 0 aliphatic heterocycles. The van der Waals surface area contributed by atoms with Gasteiger partial charge in [0.2, 0.25) is 0 Å². The van der Waals surface area contributed by atoms with Crippen molar-refractivity contribution in [2.45, 2.75) is 12.7 Å². The zero-order valence-electron chi connectivity index (χ0n) is 10.4. The van der Waals surface area contributed by atoms with Crippen molar-refractivity contribution in [2.24, 2.45) is 0 Å². The molecule has 0 amide bonds. The molecule has 2 rings (SSSR count). The summed E-state index contributed by atoms with van der Waals surface area (Å²) in [7, 11) is 0. The highest BCUT2D eigenvalue weighted by Crippen LogP contribution is 2.36.